The van der Waals surface area contributed by atoms with Gasteiger partial charge in [-0.2, -0.15) is 35.0 Å². The lowest BCUT2D eigenvalue weighted by molar-refractivity contribution is -0.129. The third-order valence-corrected chi connectivity index (χ3v) is 29.0. The van der Waals surface area contributed by atoms with Crippen molar-refractivity contribution in [3.8, 4) is 18.0 Å². The standard InChI is InChI=1S/C37H43N9O2.C37H40N8O2.C34H39F2N7O2/c1-26-8-5-9-28-10-6-12-33(35(26)28)44-17-15-31-32(24-44)40-37(48-25-29-11-7-16-42(29)3)41-36(31)45-18-19-46(30(23-45)21-38-2)34(47)14-13-27-20-39-43(4)22-27;1-38-23-30-24-44(20-21-45(30)35(46)15-14-27-8-6-17-39-22-27)36-32-16-19-43(34-13-5-10-28-9-3-4-12-31(28)34)25-33(32)40-37(41-36)47-26-29-11-7-18-42(29)2;1-23-7-4-8-24-9-5-11-29(32(23)24)41-16-14-27-28(21-41)38-34(45-22-25-10-6-15-40(25)3)39-33(27)42-17-18-43(26(20-42)19-37-2)31(44)13-12-30(35)36/h5-6,8-10,12-14,20,22,29-30H,7,11,15-19,21,23-25H2,1,3-4H3;3-6,8-10,12-15,17,22,29-30H,7,11,16,18-21,23-26H2,2H3;4-5,7-9,11-13,25-26,30H,6,10,14-22H2,1,3H3/b14-13+;15-14+;13-12+/t2*29-,30-;25-,26-/m000/s1. The monoisotopic (exact) mass is 1890 g/mol. The van der Waals surface area contributed by atoms with Crippen molar-refractivity contribution >= 4 is 96.7 Å². The van der Waals surface area contributed by atoms with Crippen LogP contribution in [0, 0.1) is 33.6 Å². The number of fused-ring (bicyclic) bond motifs is 6. The van der Waals surface area contributed by atoms with E-state index in [2.05, 4.69) is 219 Å². The number of carbonyl (C=O) groups is 3. The number of amides is 3. The van der Waals surface area contributed by atoms with Gasteiger partial charge in [0.05, 0.1) is 42.9 Å². The van der Waals surface area contributed by atoms with Gasteiger partial charge in [0, 0.05) is 196 Å². The molecule has 0 unspecified atom stereocenters. The van der Waals surface area contributed by atoms with Crippen molar-refractivity contribution in [2.75, 3.05) is 188 Å². The van der Waals surface area contributed by atoms with Gasteiger partial charge in [0.15, 0.2) is 0 Å². The number of benzene rings is 6. The summed E-state index contributed by atoms with van der Waals surface area (Å²) in [4.78, 5) is 111. The first-order valence-corrected chi connectivity index (χ1v) is 49.0. The fourth-order valence-corrected chi connectivity index (χ4v) is 21.4. The van der Waals surface area contributed by atoms with Crippen LogP contribution >= 0.6 is 0 Å². The summed E-state index contributed by atoms with van der Waals surface area (Å²) >= 11 is 0. The number of alkyl halides is 2. The van der Waals surface area contributed by atoms with E-state index in [4.69, 9.17) is 63.8 Å². The highest BCUT2D eigenvalue weighted by atomic mass is 19.3. The number of halogens is 2. The molecule has 32 heteroatoms. The van der Waals surface area contributed by atoms with Gasteiger partial charge in [-0.25, -0.2) is 28.5 Å². The molecule has 724 valence electrons. The van der Waals surface area contributed by atoms with Gasteiger partial charge in [0.25, 0.3) is 6.43 Å². The van der Waals surface area contributed by atoms with E-state index in [1.165, 1.54) is 78.2 Å². The summed E-state index contributed by atoms with van der Waals surface area (Å²) < 4.78 is 46.2. The molecule has 14 heterocycles. The molecule has 0 radical (unpaired) electrons. The summed E-state index contributed by atoms with van der Waals surface area (Å²) in [6.07, 6.45) is 21.6. The van der Waals surface area contributed by atoms with E-state index in [0.717, 1.165) is 153 Å². The lowest BCUT2D eigenvalue weighted by atomic mass is 9.99. The SMILES string of the molecule is [C-]#[N+]C[C@H]1CN(c2nc(OC[C@@H]3CCCN3C)nc3c2CCN(c2cccc4cccc(C)c24)C3)CCN1C(=O)/C=C/C(F)F.[C-]#[N+]C[C@H]1CN(c2nc(OC[C@@H]3CCCN3C)nc3c2CCN(c2cccc4cccc(C)c24)C3)CCN1C(=O)/C=C/c1cnn(C)c1.[C-]#[N+]C[C@H]1CN(c2nc(OC[C@@H]3CCCN3C)nc3c2CCN(c2cccc4ccccc24)C3)CCN1C(=O)/C=C/c1cccnc1. The van der Waals surface area contributed by atoms with E-state index >= 15 is 0 Å². The second-order valence-electron chi connectivity index (χ2n) is 38.0. The predicted octanol–water partition coefficient (Wildman–Crippen LogP) is 13.8. The molecule has 20 rings (SSSR count). The summed E-state index contributed by atoms with van der Waals surface area (Å²) in [7, 11) is 8.25. The Morgan fingerprint density at radius 1 is 0.421 bits per heavy atom. The highest BCUT2D eigenvalue weighted by molar-refractivity contribution is 5.99. The molecule has 6 atom stereocenters. The highest BCUT2D eigenvalue weighted by Gasteiger charge is 2.41. The molecule has 30 nitrogen and oxygen atoms in total. The van der Waals surface area contributed by atoms with Crippen molar-refractivity contribution in [3.63, 3.8) is 0 Å². The minimum atomic E-state index is -2.71. The average Bonchev–Trinajstić information content (AvgIpc) is 0.958. The van der Waals surface area contributed by atoms with Crippen molar-refractivity contribution in [2.24, 2.45) is 7.05 Å². The van der Waals surface area contributed by atoms with E-state index in [9.17, 15) is 23.2 Å². The Kier molecular flexibility index (Phi) is 30.4. The van der Waals surface area contributed by atoms with Gasteiger partial charge in [-0.15, -0.1) is 0 Å². The predicted molar refractivity (Wildman–Crippen MR) is 543 cm³/mol. The van der Waals surface area contributed by atoms with Gasteiger partial charge in [-0.05, 0) is 188 Å². The van der Waals surface area contributed by atoms with Crippen molar-refractivity contribution in [2.45, 2.75) is 134 Å². The maximum Gasteiger partial charge on any atom is 0.318 e. The van der Waals surface area contributed by atoms with Gasteiger partial charge < -0.3 is 87.5 Å². The quantitative estimate of drug-likeness (QED) is 0.0403. The summed E-state index contributed by atoms with van der Waals surface area (Å²) in [5.74, 6) is 1.82. The van der Waals surface area contributed by atoms with Gasteiger partial charge in [-0.3, -0.25) is 24.0 Å². The van der Waals surface area contributed by atoms with Crippen LogP contribution in [0.2, 0.25) is 0 Å². The van der Waals surface area contributed by atoms with Gasteiger partial charge >= 0.3 is 18.0 Å². The maximum absolute atomic E-state index is 13.4. The zero-order chi connectivity index (χ0) is 96.9. The van der Waals surface area contributed by atoms with E-state index < -0.39 is 18.4 Å². The molecular formula is C108H122F2N24O6. The Balaban J connectivity index is 0.000000139. The number of carbonyl (C=O) groups excluding carboxylic acids is 3. The molecule has 0 spiro atoms. The molecule has 3 amide bonds. The molecule has 6 saturated heterocycles. The van der Waals surface area contributed by atoms with Crippen molar-refractivity contribution in [1.82, 2.24) is 74.1 Å². The number of aryl methyl sites for hydroxylation is 3. The summed E-state index contributed by atoms with van der Waals surface area (Å²) in [5, 5.41) is 11.6. The van der Waals surface area contributed by atoms with Crippen LogP contribution in [0.15, 0.2) is 176 Å². The zero-order valence-electron chi connectivity index (χ0n) is 80.7. The average molecular weight is 1890 g/mol. The summed E-state index contributed by atoms with van der Waals surface area (Å²) in [5.41, 5.74) is 14.0. The molecule has 6 fully saturated rings. The summed E-state index contributed by atoms with van der Waals surface area (Å²) in [6.45, 7) is 41.3. The molecule has 0 aliphatic carbocycles. The van der Waals surface area contributed by atoms with Crippen LogP contribution in [0.3, 0.4) is 0 Å². The van der Waals surface area contributed by atoms with Crippen LogP contribution in [0.1, 0.15) is 94.6 Å². The number of likely N-dealkylation sites (tertiary alicyclic amines) is 3. The maximum atomic E-state index is 13.4. The van der Waals surface area contributed by atoms with Crippen molar-refractivity contribution in [1.29, 1.82) is 0 Å². The normalized spacial score (nSPS) is 20.2. The lowest BCUT2D eigenvalue weighted by Crippen LogP contribution is -2.56. The number of pyridine rings is 1. The number of allylic oxidation sites excluding steroid dienone is 1. The number of likely N-dealkylation sites (N-methyl/N-ethyl adjacent to an activating group) is 3. The minimum absolute atomic E-state index is 0.0730. The largest absolute Gasteiger partial charge is 0.462 e. The Bertz CT molecular complexity index is 6520. The first-order valence-electron chi connectivity index (χ1n) is 49.0. The zero-order valence-corrected chi connectivity index (χ0v) is 80.7. The van der Waals surface area contributed by atoms with Gasteiger partial charge in [0.1, 0.15) is 55.4 Å². The number of hydrogen-bond donors (Lipinski definition) is 0. The highest BCUT2D eigenvalue weighted by Crippen LogP contribution is 2.42. The van der Waals surface area contributed by atoms with Crippen molar-refractivity contribution in [3.05, 3.63) is 267 Å². The van der Waals surface area contributed by atoms with E-state index in [0.29, 0.717) is 141 Å². The number of hydrogen-bond acceptors (Lipinski definition) is 23. The smallest absolute Gasteiger partial charge is 0.318 e. The second-order valence-corrected chi connectivity index (χ2v) is 38.0. The number of rotatable bonds is 24. The third kappa shape index (κ3) is 22.1. The van der Waals surface area contributed by atoms with Crippen LogP contribution in [0.4, 0.5) is 43.3 Å². The van der Waals surface area contributed by atoms with Crippen LogP contribution in [-0.4, -0.2) is 293 Å². The van der Waals surface area contributed by atoms with Crippen LogP contribution < -0.4 is 43.6 Å². The number of ether oxygens (including phenoxy) is 3. The Morgan fingerprint density at radius 3 is 1.21 bits per heavy atom. The number of piperazine rings is 3. The van der Waals surface area contributed by atoms with Crippen LogP contribution in [0.5, 0.6) is 18.0 Å². The molecule has 5 aromatic heterocycles. The number of anilines is 6. The molecule has 0 N–H and O–H groups in total. The van der Waals surface area contributed by atoms with E-state index in [1.54, 1.807) is 47.6 Å². The molecule has 11 aromatic rings. The molecule has 6 aromatic carbocycles. The number of aromatic nitrogens is 9. The van der Waals surface area contributed by atoms with Crippen molar-refractivity contribution < 1.29 is 37.4 Å². The molecular weight excluding hydrogens is 1770 g/mol. The molecule has 9 aliphatic heterocycles. The van der Waals surface area contributed by atoms with E-state index in [-0.39, 0.29) is 43.5 Å². The topological polar surface area (TPSA) is 239 Å². The molecule has 9 aliphatic rings. The number of nitrogens with zero attached hydrogens (tertiary/aromatic N) is 24. The summed E-state index contributed by atoms with van der Waals surface area (Å²) in [6, 6.07) is 45.7. The van der Waals surface area contributed by atoms with Crippen LogP contribution in [-0.2, 0) is 60.3 Å². The van der Waals surface area contributed by atoms with Gasteiger partial charge in [0.2, 0.25) is 37.4 Å². The van der Waals surface area contributed by atoms with Crippen LogP contribution in [0.25, 0.3) is 59.0 Å². The molecule has 140 heavy (non-hydrogen) atoms. The van der Waals surface area contributed by atoms with Gasteiger partial charge in [-0.1, -0.05) is 103 Å². The van der Waals surface area contributed by atoms with E-state index in [1.807, 2.05) is 35.2 Å². The molecule has 0 bridgehead atoms. The Hall–Kier alpha value is -14.3. The Labute approximate surface area is 817 Å². The first kappa shape index (κ1) is 96.0. The third-order valence-electron chi connectivity index (χ3n) is 29.0. The Morgan fingerprint density at radius 2 is 0.814 bits per heavy atom. The molecule has 0 saturated carbocycles. The minimum Gasteiger partial charge on any atom is -0.462 e. The lowest BCUT2D eigenvalue weighted by Gasteiger charge is -2.41. The fourth-order valence-electron chi connectivity index (χ4n) is 21.4. The fraction of sp³-hybridized carbons (Fsp3) is 0.426. The first-order chi connectivity index (χ1) is 68.3. The second kappa shape index (κ2) is 44.3.